The molecule has 2 aromatic carbocycles. The lowest BCUT2D eigenvalue weighted by Crippen LogP contribution is -2.39. The molecule has 1 saturated heterocycles. The molecule has 1 heterocycles. The molecule has 1 N–H and O–H groups in total. The molecule has 0 aliphatic carbocycles. The Morgan fingerprint density at radius 3 is 2.00 bits per heavy atom. The number of carbonyl (C=O) groups is 2. The Morgan fingerprint density at radius 1 is 1.00 bits per heavy atom. The second-order valence-corrected chi connectivity index (χ2v) is 8.68. The molecule has 10 heteroatoms. The molecule has 0 radical (unpaired) electrons. The van der Waals surface area contributed by atoms with E-state index in [-0.39, 0.29) is 31.4 Å². The Morgan fingerprint density at radius 2 is 1.53 bits per heavy atom. The van der Waals surface area contributed by atoms with Gasteiger partial charge in [-0.3, -0.25) is 9.59 Å². The second kappa shape index (κ2) is 8.96. The number of nitrogens with one attached hydrogen (secondary N) is 1. The van der Waals surface area contributed by atoms with E-state index in [0.717, 1.165) is 11.1 Å². The van der Waals surface area contributed by atoms with Crippen molar-refractivity contribution in [3.63, 3.8) is 0 Å². The highest BCUT2D eigenvalue weighted by molar-refractivity contribution is 6.06. The zero-order chi connectivity index (χ0) is 25.5. The van der Waals surface area contributed by atoms with Gasteiger partial charge in [-0.1, -0.05) is 31.5 Å². The van der Waals surface area contributed by atoms with Gasteiger partial charge in [0.2, 0.25) is 11.8 Å². The lowest BCUT2D eigenvalue weighted by atomic mass is 9.81. The average molecular weight is 486 g/mol. The predicted molar refractivity (Wildman–Crippen MR) is 115 cm³/mol. The zero-order valence-electron chi connectivity index (χ0n) is 18.8. The van der Waals surface area contributed by atoms with Crippen LogP contribution in [0.3, 0.4) is 0 Å². The number of aryl methyl sites for hydroxylation is 2. The van der Waals surface area contributed by atoms with Crippen LogP contribution in [-0.4, -0.2) is 18.4 Å². The van der Waals surface area contributed by atoms with Gasteiger partial charge in [0.1, 0.15) is 0 Å². The number of amides is 2. The number of hydrogen-bond acceptors (Lipinski definition) is 2. The summed E-state index contributed by atoms with van der Waals surface area (Å²) < 4.78 is 79.2. The summed E-state index contributed by atoms with van der Waals surface area (Å²) >= 11 is 0. The molecule has 2 amide bonds. The highest BCUT2D eigenvalue weighted by atomic mass is 19.4. The lowest BCUT2D eigenvalue weighted by Gasteiger charge is -2.28. The molecule has 0 aromatic heterocycles. The molecule has 1 atom stereocenters. The van der Waals surface area contributed by atoms with Crippen LogP contribution in [0.2, 0.25) is 0 Å². The fourth-order valence-electron chi connectivity index (χ4n) is 4.47. The Balaban J connectivity index is 1.98. The molecule has 3 rings (SSSR count). The van der Waals surface area contributed by atoms with Crippen molar-refractivity contribution in [2.24, 2.45) is 5.41 Å². The van der Waals surface area contributed by atoms with Crippen molar-refractivity contribution in [3.8, 4) is 0 Å². The number of nitrogens with zero attached hydrogens (tertiary/aromatic N) is 1. The van der Waals surface area contributed by atoms with Crippen molar-refractivity contribution in [2.75, 3.05) is 16.8 Å². The summed E-state index contributed by atoms with van der Waals surface area (Å²) in [6.07, 6.45) is -9.56. The van der Waals surface area contributed by atoms with Crippen LogP contribution in [0.1, 0.15) is 48.4 Å². The van der Waals surface area contributed by atoms with Gasteiger partial charge in [-0.05, 0) is 49.6 Å². The van der Waals surface area contributed by atoms with E-state index in [9.17, 15) is 35.9 Å². The van der Waals surface area contributed by atoms with Gasteiger partial charge in [-0.2, -0.15) is 26.3 Å². The summed E-state index contributed by atoms with van der Waals surface area (Å²) in [6.45, 7) is 5.39. The van der Waals surface area contributed by atoms with Crippen LogP contribution in [0.5, 0.6) is 0 Å². The largest absolute Gasteiger partial charge is 0.416 e. The van der Waals surface area contributed by atoms with Gasteiger partial charge >= 0.3 is 12.4 Å². The molecule has 0 bridgehead atoms. The maximum Gasteiger partial charge on any atom is 0.416 e. The lowest BCUT2D eigenvalue weighted by molar-refractivity contribution is -0.143. The zero-order valence-corrected chi connectivity index (χ0v) is 18.8. The minimum absolute atomic E-state index is 0.000740. The Kier molecular flexibility index (Phi) is 6.74. The smallest absolute Gasteiger partial charge is 0.326 e. The SMILES string of the molecule is CCCC1(C(=O)Nc2cc(C(F)(F)F)cc(C(F)(F)F)c2)CC(=O)N(c2c(C)cccc2C)C1. The van der Waals surface area contributed by atoms with E-state index in [0.29, 0.717) is 24.2 Å². The molecule has 1 fully saturated rings. The van der Waals surface area contributed by atoms with Gasteiger partial charge in [0, 0.05) is 24.3 Å². The maximum absolute atomic E-state index is 13.3. The molecule has 1 aliphatic heterocycles. The van der Waals surface area contributed by atoms with Crippen LogP contribution in [0, 0.1) is 19.3 Å². The second-order valence-electron chi connectivity index (χ2n) is 8.68. The van der Waals surface area contributed by atoms with Crippen molar-refractivity contribution in [2.45, 2.75) is 52.4 Å². The maximum atomic E-state index is 13.3. The number of carbonyl (C=O) groups excluding carboxylic acids is 2. The van der Waals surface area contributed by atoms with Crippen LogP contribution in [0.15, 0.2) is 36.4 Å². The minimum atomic E-state index is -5.04. The third-order valence-corrected chi connectivity index (χ3v) is 6.02. The number of para-hydroxylation sites is 1. The number of alkyl halides is 6. The predicted octanol–water partition coefficient (Wildman–Crippen LogP) is 6.50. The standard InChI is InChI=1S/C24H24F6N2O2/c1-4-8-22(12-19(33)32(13-22)20-14(2)6-5-7-15(20)3)21(34)31-18-10-16(23(25,26)27)9-17(11-18)24(28,29)30/h5-7,9-11H,4,8,12-13H2,1-3H3,(H,31,34). The molecular formula is C24H24F6N2O2. The van der Waals surface area contributed by atoms with Crippen LogP contribution < -0.4 is 10.2 Å². The van der Waals surface area contributed by atoms with E-state index in [4.69, 9.17) is 0 Å². The van der Waals surface area contributed by atoms with Crippen molar-refractivity contribution in [3.05, 3.63) is 58.7 Å². The van der Waals surface area contributed by atoms with Crippen molar-refractivity contribution >= 4 is 23.2 Å². The number of benzene rings is 2. The fraction of sp³-hybridized carbons (Fsp3) is 0.417. The molecule has 34 heavy (non-hydrogen) atoms. The monoisotopic (exact) mass is 486 g/mol. The normalized spacial score (nSPS) is 19.0. The topological polar surface area (TPSA) is 49.4 Å². The molecular weight excluding hydrogens is 462 g/mol. The molecule has 184 valence electrons. The number of anilines is 2. The van der Waals surface area contributed by atoms with Crippen LogP contribution in [0.25, 0.3) is 0 Å². The molecule has 1 unspecified atom stereocenters. The fourth-order valence-corrected chi connectivity index (χ4v) is 4.47. The first-order valence-electron chi connectivity index (χ1n) is 10.7. The Hall–Kier alpha value is -3.04. The van der Waals surface area contributed by atoms with E-state index in [1.165, 1.54) is 4.90 Å². The summed E-state index contributed by atoms with van der Waals surface area (Å²) in [6, 6.07) is 6.39. The number of hydrogen-bond donors (Lipinski definition) is 1. The molecule has 4 nitrogen and oxygen atoms in total. The highest BCUT2D eigenvalue weighted by Crippen LogP contribution is 2.42. The molecule has 0 saturated carbocycles. The summed E-state index contributed by atoms with van der Waals surface area (Å²) in [5, 5.41) is 2.24. The first-order valence-corrected chi connectivity index (χ1v) is 10.7. The Labute approximate surface area is 192 Å². The minimum Gasteiger partial charge on any atom is -0.326 e. The molecule has 1 aliphatic rings. The van der Waals surface area contributed by atoms with Crippen LogP contribution in [-0.2, 0) is 21.9 Å². The van der Waals surface area contributed by atoms with Crippen LogP contribution >= 0.6 is 0 Å². The van der Waals surface area contributed by atoms with Gasteiger partial charge in [0.25, 0.3) is 0 Å². The summed E-state index contributed by atoms with van der Waals surface area (Å²) in [5.74, 6) is -1.12. The van der Waals surface area contributed by atoms with Crippen molar-refractivity contribution in [1.29, 1.82) is 0 Å². The first-order chi connectivity index (χ1) is 15.7. The van der Waals surface area contributed by atoms with Gasteiger partial charge < -0.3 is 10.2 Å². The van der Waals surface area contributed by atoms with Gasteiger partial charge in [0.15, 0.2) is 0 Å². The summed E-state index contributed by atoms with van der Waals surface area (Å²) in [5.41, 5.74) is -2.70. The van der Waals surface area contributed by atoms with Crippen LogP contribution in [0.4, 0.5) is 37.7 Å². The van der Waals surface area contributed by atoms with E-state index in [1.807, 2.05) is 32.0 Å². The Bertz CT molecular complexity index is 1060. The third-order valence-electron chi connectivity index (χ3n) is 6.02. The first kappa shape index (κ1) is 25.6. The van der Waals surface area contributed by atoms with E-state index in [2.05, 4.69) is 5.32 Å². The molecule has 0 spiro atoms. The third kappa shape index (κ3) is 5.05. The average Bonchev–Trinajstić information content (AvgIpc) is 3.04. The number of halogens is 6. The van der Waals surface area contributed by atoms with E-state index >= 15 is 0 Å². The summed E-state index contributed by atoms with van der Waals surface area (Å²) in [4.78, 5) is 27.7. The van der Waals surface area contributed by atoms with E-state index in [1.54, 1.807) is 6.92 Å². The van der Waals surface area contributed by atoms with Crippen molar-refractivity contribution in [1.82, 2.24) is 0 Å². The highest BCUT2D eigenvalue weighted by Gasteiger charge is 2.49. The summed E-state index contributed by atoms with van der Waals surface area (Å²) in [7, 11) is 0. The van der Waals surface area contributed by atoms with Gasteiger partial charge in [-0.25, -0.2) is 0 Å². The molecule has 2 aromatic rings. The van der Waals surface area contributed by atoms with Gasteiger partial charge in [-0.15, -0.1) is 0 Å². The van der Waals surface area contributed by atoms with E-state index < -0.39 is 40.5 Å². The number of rotatable bonds is 5. The van der Waals surface area contributed by atoms with Gasteiger partial charge in [0.05, 0.1) is 16.5 Å². The quantitative estimate of drug-likeness (QED) is 0.491. The van der Waals surface area contributed by atoms with Crippen molar-refractivity contribution < 1.29 is 35.9 Å².